The van der Waals surface area contributed by atoms with Gasteiger partial charge in [-0.15, -0.1) is 11.3 Å². The van der Waals surface area contributed by atoms with Gasteiger partial charge >= 0.3 is 0 Å². The number of nitrogens with zero attached hydrogens (tertiary/aromatic N) is 2. The maximum Gasteiger partial charge on any atom is 0.177 e. The van der Waals surface area contributed by atoms with Crippen LogP contribution in [-0.4, -0.2) is 15.6 Å². The van der Waals surface area contributed by atoms with Gasteiger partial charge in [0, 0.05) is 19.0 Å². The minimum absolute atomic E-state index is 0.210. The van der Waals surface area contributed by atoms with Crippen LogP contribution in [0.4, 0.5) is 8.78 Å². The Bertz CT molecular complexity index is 1090. The topological polar surface area (TPSA) is 48.0 Å². The van der Waals surface area contributed by atoms with E-state index in [0.717, 1.165) is 22.7 Å². The Labute approximate surface area is 157 Å². The van der Waals surface area contributed by atoms with E-state index < -0.39 is 11.6 Å². The number of rotatable bonds is 5. The highest BCUT2D eigenvalue weighted by Gasteiger charge is 2.18. The molecule has 1 aromatic carbocycles. The first-order chi connectivity index (χ1) is 13.0. The molecule has 0 aliphatic heterocycles. The van der Waals surface area contributed by atoms with Crippen LogP contribution in [0.25, 0.3) is 22.0 Å². The highest BCUT2D eigenvalue weighted by Crippen LogP contribution is 2.32. The summed E-state index contributed by atoms with van der Waals surface area (Å²) in [5.41, 5.74) is 1.30. The molecule has 3 aromatic heterocycles. The third-order valence-corrected chi connectivity index (χ3v) is 5.33. The smallest absolute Gasteiger partial charge is 0.177 e. The summed E-state index contributed by atoms with van der Waals surface area (Å²) in [5.74, 6) is -1.10. The van der Waals surface area contributed by atoms with Gasteiger partial charge in [0.2, 0.25) is 0 Å². The quantitative estimate of drug-likeness (QED) is 0.449. The van der Waals surface area contributed by atoms with Gasteiger partial charge in [-0.2, -0.15) is 5.10 Å². The summed E-state index contributed by atoms with van der Waals surface area (Å²) in [5, 5.41) is 4.42. The lowest BCUT2D eigenvalue weighted by Crippen LogP contribution is -2.05. The highest BCUT2D eigenvalue weighted by molar-refractivity contribution is 7.17. The van der Waals surface area contributed by atoms with E-state index >= 15 is 0 Å². The molecule has 4 rings (SSSR count). The number of benzene rings is 1. The SMILES string of the molecule is Cn1nc(-c2ccco2)cc1-c1ccc(C(=O)Cc2c(F)cccc2F)s1. The minimum atomic E-state index is -0.713. The van der Waals surface area contributed by atoms with E-state index in [1.165, 1.54) is 17.4 Å². The van der Waals surface area contributed by atoms with Crippen LogP contribution in [0.3, 0.4) is 0 Å². The number of thiophene rings is 1. The number of furan rings is 1. The number of aryl methyl sites for hydroxylation is 1. The van der Waals surface area contributed by atoms with Crippen LogP contribution in [0.15, 0.2) is 59.2 Å². The largest absolute Gasteiger partial charge is 0.463 e. The fourth-order valence-electron chi connectivity index (χ4n) is 2.82. The fourth-order valence-corrected chi connectivity index (χ4v) is 3.81. The van der Waals surface area contributed by atoms with Gasteiger partial charge in [0.05, 0.1) is 21.7 Å². The maximum atomic E-state index is 13.8. The Morgan fingerprint density at radius 1 is 1.15 bits per heavy atom. The summed E-state index contributed by atoms with van der Waals surface area (Å²) in [7, 11) is 1.80. The molecule has 0 aliphatic carbocycles. The third kappa shape index (κ3) is 3.33. The standard InChI is InChI=1S/C20H14F2N2O2S/c1-24-16(11-15(23-24)18-6-3-9-26-18)19-7-8-20(27-19)17(25)10-12-13(21)4-2-5-14(12)22/h2-9,11H,10H2,1H3. The number of halogens is 2. The zero-order valence-corrected chi connectivity index (χ0v) is 15.1. The molecule has 0 saturated heterocycles. The van der Waals surface area contributed by atoms with Crippen molar-refractivity contribution in [1.82, 2.24) is 9.78 Å². The molecule has 136 valence electrons. The molecule has 27 heavy (non-hydrogen) atoms. The molecule has 4 nitrogen and oxygen atoms in total. The number of carbonyl (C=O) groups excluding carboxylic acids is 1. The van der Waals surface area contributed by atoms with E-state index in [1.54, 1.807) is 36.2 Å². The van der Waals surface area contributed by atoms with Crippen molar-refractivity contribution >= 4 is 17.1 Å². The number of carbonyl (C=O) groups is 1. The van der Waals surface area contributed by atoms with Gasteiger partial charge in [0.15, 0.2) is 11.5 Å². The Morgan fingerprint density at radius 2 is 1.93 bits per heavy atom. The summed E-state index contributed by atoms with van der Waals surface area (Å²) in [4.78, 5) is 13.8. The second kappa shape index (κ2) is 6.92. The fraction of sp³-hybridized carbons (Fsp3) is 0.100. The molecule has 0 bridgehead atoms. The predicted molar refractivity (Wildman–Crippen MR) is 98.6 cm³/mol. The summed E-state index contributed by atoms with van der Waals surface area (Å²) in [6.45, 7) is 0. The predicted octanol–water partition coefficient (Wildman–Crippen LogP) is 5.11. The zero-order valence-electron chi connectivity index (χ0n) is 14.3. The zero-order chi connectivity index (χ0) is 19.0. The summed E-state index contributed by atoms with van der Waals surface area (Å²) in [6, 6.07) is 12.5. The molecular formula is C20H14F2N2O2S. The first-order valence-corrected chi connectivity index (χ1v) is 8.99. The van der Waals surface area contributed by atoms with Gasteiger partial charge in [0.1, 0.15) is 17.3 Å². The molecule has 3 heterocycles. The van der Waals surface area contributed by atoms with Gasteiger partial charge in [-0.1, -0.05) is 6.07 Å². The van der Waals surface area contributed by atoms with Crippen molar-refractivity contribution in [3.8, 4) is 22.0 Å². The van der Waals surface area contributed by atoms with Crippen molar-refractivity contribution in [1.29, 1.82) is 0 Å². The van der Waals surface area contributed by atoms with E-state index in [0.29, 0.717) is 16.3 Å². The van der Waals surface area contributed by atoms with Crippen molar-refractivity contribution in [2.75, 3.05) is 0 Å². The Kier molecular flexibility index (Phi) is 4.45. The average Bonchev–Trinajstić information content (AvgIpc) is 3.37. The van der Waals surface area contributed by atoms with E-state index in [9.17, 15) is 13.6 Å². The van der Waals surface area contributed by atoms with Crippen LogP contribution in [-0.2, 0) is 13.5 Å². The van der Waals surface area contributed by atoms with Crippen LogP contribution >= 0.6 is 11.3 Å². The molecule has 0 spiro atoms. The summed E-state index contributed by atoms with van der Waals surface area (Å²) < 4.78 is 34.6. The number of aromatic nitrogens is 2. The normalized spacial score (nSPS) is 11.1. The molecular weight excluding hydrogens is 370 g/mol. The van der Waals surface area contributed by atoms with Gasteiger partial charge in [-0.05, 0) is 42.5 Å². The molecule has 0 aliphatic rings. The molecule has 0 N–H and O–H groups in total. The number of hydrogen-bond donors (Lipinski definition) is 0. The van der Waals surface area contributed by atoms with Crippen LogP contribution in [0.5, 0.6) is 0 Å². The lowest BCUT2D eigenvalue weighted by Gasteiger charge is -2.03. The number of Topliss-reactive ketones (excluding diaryl/α,β-unsaturated/α-hetero) is 1. The first kappa shape index (κ1) is 17.4. The molecule has 0 saturated carbocycles. The van der Waals surface area contributed by atoms with Crippen molar-refractivity contribution in [2.24, 2.45) is 7.05 Å². The van der Waals surface area contributed by atoms with Gasteiger partial charge < -0.3 is 4.42 Å². The Balaban J connectivity index is 1.60. The second-order valence-electron chi connectivity index (χ2n) is 5.98. The lowest BCUT2D eigenvalue weighted by atomic mass is 10.1. The van der Waals surface area contributed by atoms with E-state index in [4.69, 9.17) is 4.42 Å². The van der Waals surface area contributed by atoms with Crippen LogP contribution in [0, 0.1) is 11.6 Å². The van der Waals surface area contributed by atoms with Crippen LogP contribution < -0.4 is 0 Å². The Morgan fingerprint density at radius 3 is 2.63 bits per heavy atom. The molecule has 0 atom stereocenters. The first-order valence-electron chi connectivity index (χ1n) is 8.17. The number of hydrogen-bond acceptors (Lipinski definition) is 4. The molecule has 0 amide bonds. The van der Waals surface area contributed by atoms with Crippen molar-refractivity contribution in [3.05, 3.63) is 76.9 Å². The lowest BCUT2D eigenvalue weighted by molar-refractivity contribution is 0.0994. The van der Waals surface area contributed by atoms with Crippen molar-refractivity contribution in [2.45, 2.75) is 6.42 Å². The van der Waals surface area contributed by atoms with Crippen molar-refractivity contribution < 1.29 is 18.0 Å². The Hall–Kier alpha value is -3.06. The van der Waals surface area contributed by atoms with Crippen molar-refractivity contribution in [3.63, 3.8) is 0 Å². The van der Waals surface area contributed by atoms with Crippen LogP contribution in [0.2, 0.25) is 0 Å². The molecule has 4 aromatic rings. The molecule has 0 radical (unpaired) electrons. The minimum Gasteiger partial charge on any atom is -0.463 e. The average molecular weight is 384 g/mol. The third-order valence-electron chi connectivity index (χ3n) is 4.19. The van der Waals surface area contributed by atoms with Crippen LogP contribution in [0.1, 0.15) is 15.2 Å². The summed E-state index contributed by atoms with van der Waals surface area (Å²) >= 11 is 1.26. The van der Waals surface area contributed by atoms with Gasteiger partial charge in [-0.3, -0.25) is 9.48 Å². The number of ketones is 1. The van der Waals surface area contributed by atoms with Gasteiger partial charge in [-0.25, -0.2) is 8.78 Å². The second-order valence-corrected chi connectivity index (χ2v) is 7.06. The van der Waals surface area contributed by atoms with E-state index in [2.05, 4.69) is 5.10 Å². The molecule has 7 heteroatoms. The van der Waals surface area contributed by atoms with E-state index in [-0.39, 0.29) is 17.8 Å². The highest BCUT2D eigenvalue weighted by atomic mass is 32.1. The summed E-state index contributed by atoms with van der Waals surface area (Å²) in [6.07, 6.45) is 1.26. The maximum absolute atomic E-state index is 13.8. The molecule has 0 fully saturated rings. The molecule has 0 unspecified atom stereocenters. The van der Waals surface area contributed by atoms with E-state index in [1.807, 2.05) is 12.1 Å². The van der Waals surface area contributed by atoms with Gasteiger partial charge in [0.25, 0.3) is 0 Å². The monoisotopic (exact) mass is 384 g/mol.